The Bertz CT molecular complexity index is 538. The lowest BCUT2D eigenvalue weighted by Crippen LogP contribution is -2.54. The van der Waals surface area contributed by atoms with Crippen molar-refractivity contribution in [2.75, 3.05) is 13.1 Å². The Hall–Kier alpha value is -0.530. The fraction of sp³-hybridized carbons (Fsp3) is 0.952. The highest BCUT2D eigenvalue weighted by Gasteiger charge is 2.60. The molecule has 5 saturated carbocycles. The molecular formula is C21H33NO. The molecule has 1 aliphatic heterocycles. The van der Waals surface area contributed by atoms with Crippen LogP contribution in [0.4, 0.5) is 0 Å². The number of hydrogen-bond donors (Lipinski definition) is 0. The number of carbonyl (C=O) groups excluding carboxylic acids is 1. The number of rotatable bonds is 2. The van der Waals surface area contributed by atoms with E-state index in [0.29, 0.717) is 22.2 Å². The van der Waals surface area contributed by atoms with Crippen LogP contribution in [0.15, 0.2) is 0 Å². The van der Waals surface area contributed by atoms with Crippen LogP contribution in [0.1, 0.15) is 72.1 Å². The van der Waals surface area contributed by atoms with Crippen LogP contribution in [-0.2, 0) is 4.79 Å². The molecule has 2 nitrogen and oxygen atoms in total. The van der Waals surface area contributed by atoms with Crippen molar-refractivity contribution < 1.29 is 4.79 Å². The van der Waals surface area contributed by atoms with Crippen LogP contribution >= 0.6 is 0 Å². The molecule has 6 bridgehead atoms. The lowest BCUT2D eigenvalue weighted by molar-refractivity contribution is -0.142. The van der Waals surface area contributed by atoms with Gasteiger partial charge >= 0.3 is 0 Å². The summed E-state index contributed by atoms with van der Waals surface area (Å²) in [5.74, 6) is 4.05. The zero-order chi connectivity index (χ0) is 16.0. The monoisotopic (exact) mass is 315 g/mol. The SMILES string of the molecule is CC1(C)C2CC[C@]1(C)CN(C(=O)CC13CC4CC(CC1C4)C3)C2. The van der Waals surface area contributed by atoms with Crippen LogP contribution in [-0.4, -0.2) is 23.9 Å². The van der Waals surface area contributed by atoms with E-state index >= 15 is 0 Å². The molecule has 6 fully saturated rings. The van der Waals surface area contributed by atoms with Gasteiger partial charge in [0.1, 0.15) is 0 Å². The maximum absolute atomic E-state index is 13.2. The molecule has 1 saturated heterocycles. The van der Waals surface area contributed by atoms with Crippen molar-refractivity contribution in [2.45, 2.75) is 72.1 Å². The highest BCUT2D eigenvalue weighted by Crippen LogP contribution is 2.67. The van der Waals surface area contributed by atoms with Gasteiger partial charge in [0, 0.05) is 19.5 Å². The van der Waals surface area contributed by atoms with Crippen LogP contribution in [0.3, 0.4) is 0 Å². The van der Waals surface area contributed by atoms with E-state index in [4.69, 9.17) is 0 Å². The van der Waals surface area contributed by atoms with Crippen LogP contribution in [0.25, 0.3) is 0 Å². The number of carbonyl (C=O) groups is 1. The molecule has 6 aliphatic rings. The summed E-state index contributed by atoms with van der Waals surface area (Å²) in [6, 6.07) is 0. The minimum Gasteiger partial charge on any atom is -0.342 e. The van der Waals surface area contributed by atoms with Gasteiger partial charge in [-0.15, -0.1) is 0 Å². The third-order valence-corrected chi connectivity index (χ3v) is 9.62. The second kappa shape index (κ2) is 4.35. The van der Waals surface area contributed by atoms with Gasteiger partial charge in [-0.25, -0.2) is 0 Å². The summed E-state index contributed by atoms with van der Waals surface area (Å²) in [5, 5.41) is 0. The molecule has 0 aromatic heterocycles. The van der Waals surface area contributed by atoms with E-state index in [0.717, 1.165) is 43.2 Å². The van der Waals surface area contributed by atoms with E-state index < -0.39 is 0 Å². The molecule has 128 valence electrons. The molecule has 0 N–H and O–H groups in total. The second-order valence-corrected chi connectivity index (χ2v) is 10.9. The number of hydrogen-bond acceptors (Lipinski definition) is 1. The van der Waals surface area contributed by atoms with E-state index in [-0.39, 0.29) is 0 Å². The Kier molecular flexibility index (Phi) is 2.80. The van der Waals surface area contributed by atoms with Crippen LogP contribution in [0, 0.1) is 39.9 Å². The minimum atomic E-state index is 0.343. The smallest absolute Gasteiger partial charge is 0.223 e. The Morgan fingerprint density at radius 2 is 1.74 bits per heavy atom. The van der Waals surface area contributed by atoms with Gasteiger partial charge in [-0.2, -0.15) is 0 Å². The maximum Gasteiger partial charge on any atom is 0.223 e. The lowest BCUT2D eigenvalue weighted by atomic mass is 9.63. The fourth-order valence-corrected chi connectivity index (χ4v) is 7.88. The normalized spacial score (nSPS) is 52.4. The molecule has 5 aliphatic carbocycles. The first-order valence-electron chi connectivity index (χ1n) is 10.1. The van der Waals surface area contributed by atoms with E-state index in [1.807, 2.05) is 0 Å². The van der Waals surface area contributed by atoms with Crippen molar-refractivity contribution in [1.82, 2.24) is 4.90 Å². The van der Waals surface area contributed by atoms with Gasteiger partial charge in [0.2, 0.25) is 5.91 Å². The summed E-state index contributed by atoms with van der Waals surface area (Å²) in [6.07, 6.45) is 10.6. The summed E-state index contributed by atoms with van der Waals surface area (Å²) >= 11 is 0. The van der Waals surface area contributed by atoms with Crippen molar-refractivity contribution >= 4 is 5.91 Å². The van der Waals surface area contributed by atoms with E-state index in [2.05, 4.69) is 25.7 Å². The second-order valence-electron chi connectivity index (χ2n) is 10.9. The van der Waals surface area contributed by atoms with Crippen molar-refractivity contribution in [3.8, 4) is 0 Å². The summed E-state index contributed by atoms with van der Waals surface area (Å²) in [6.45, 7) is 9.39. The van der Waals surface area contributed by atoms with Gasteiger partial charge in [-0.3, -0.25) is 4.79 Å². The first-order chi connectivity index (χ1) is 10.8. The predicted molar refractivity (Wildman–Crippen MR) is 91.8 cm³/mol. The summed E-state index contributed by atoms with van der Waals surface area (Å²) in [7, 11) is 0. The molecule has 0 spiro atoms. The fourth-order valence-electron chi connectivity index (χ4n) is 7.88. The Morgan fingerprint density at radius 1 is 1.04 bits per heavy atom. The number of piperidine rings is 1. The van der Waals surface area contributed by atoms with Gasteiger partial charge in [0.25, 0.3) is 0 Å². The maximum atomic E-state index is 13.2. The number of amides is 1. The first kappa shape index (κ1) is 14.8. The number of fused-ring (bicyclic) bond motifs is 2. The predicted octanol–water partition coefficient (Wildman–Crippen LogP) is 4.49. The van der Waals surface area contributed by atoms with E-state index in [1.54, 1.807) is 0 Å². The molecule has 0 aromatic carbocycles. The van der Waals surface area contributed by atoms with Crippen LogP contribution < -0.4 is 0 Å². The van der Waals surface area contributed by atoms with Crippen molar-refractivity contribution in [2.24, 2.45) is 39.9 Å². The highest BCUT2D eigenvalue weighted by molar-refractivity contribution is 5.77. The molecule has 1 amide bonds. The molecule has 4 atom stereocenters. The number of likely N-dealkylation sites (tertiary alicyclic amines) is 1. The first-order valence-corrected chi connectivity index (χ1v) is 10.1. The average molecular weight is 316 g/mol. The molecular weight excluding hydrogens is 282 g/mol. The molecule has 3 unspecified atom stereocenters. The van der Waals surface area contributed by atoms with Crippen molar-refractivity contribution in [1.29, 1.82) is 0 Å². The van der Waals surface area contributed by atoms with Gasteiger partial charge in [0.05, 0.1) is 0 Å². The Balaban J connectivity index is 1.33. The third-order valence-electron chi connectivity index (χ3n) is 9.62. The van der Waals surface area contributed by atoms with Crippen LogP contribution in [0.5, 0.6) is 0 Å². The highest BCUT2D eigenvalue weighted by atomic mass is 16.2. The van der Waals surface area contributed by atoms with Gasteiger partial charge in [0.15, 0.2) is 0 Å². The molecule has 2 heteroatoms. The average Bonchev–Trinajstić information content (AvgIpc) is 2.85. The summed E-state index contributed by atoms with van der Waals surface area (Å²) < 4.78 is 0. The quantitative estimate of drug-likeness (QED) is 0.735. The van der Waals surface area contributed by atoms with Crippen LogP contribution in [0.2, 0.25) is 0 Å². The summed E-state index contributed by atoms with van der Waals surface area (Å²) in [5.41, 5.74) is 1.18. The van der Waals surface area contributed by atoms with Gasteiger partial charge < -0.3 is 4.90 Å². The molecule has 6 rings (SSSR count). The van der Waals surface area contributed by atoms with Gasteiger partial charge in [-0.05, 0) is 84.9 Å². The van der Waals surface area contributed by atoms with E-state index in [1.165, 1.54) is 44.9 Å². The topological polar surface area (TPSA) is 20.3 Å². The number of nitrogens with zero attached hydrogens (tertiary/aromatic N) is 1. The molecule has 0 radical (unpaired) electrons. The Morgan fingerprint density at radius 3 is 2.39 bits per heavy atom. The van der Waals surface area contributed by atoms with E-state index in [9.17, 15) is 4.79 Å². The third kappa shape index (κ3) is 1.84. The largest absolute Gasteiger partial charge is 0.342 e. The van der Waals surface area contributed by atoms with Crippen molar-refractivity contribution in [3.05, 3.63) is 0 Å². The Labute approximate surface area is 141 Å². The summed E-state index contributed by atoms with van der Waals surface area (Å²) in [4.78, 5) is 15.5. The molecule has 23 heavy (non-hydrogen) atoms. The standard InChI is InChI=1S/C21H33NO/c1-19(2)16-4-5-20(19,3)13-22(12-16)18(23)11-21-9-14-6-15(10-21)8-17(21)7-14/h14-17H,4-13H2,1-3H3/t14?,15?,16?,17?,20-,21?/m1/s1. The zero-order valence-corrected chi connectivity index (χ0v) is 15.2. The minimum absolute atomic E-state index is 0.343. The molecule has 0 aromatic rings. The zero-order valence-electron chi connectivity index (χ0n) is 15.2. The molecule has 1 heterocycles. The lowest BCUT2D eigenvalue weighted by Gasteiger charge is -2.51. The van der Waals surface area contributed by atoms with Gasteiger partial charge in [-0.1, -0.05) is 20.8 Å². The van der Waals surface area contributed by atoms with Crippen molar-refractivity contribution in [3.63, 3.8) is 0 Å².